The van der Waals surface area contributed by atoms with Crippen LogP contribution in [0.5, 0.6) is 0 Å². The van der Waals surface area contributed by atoms with Crippen LogP contribution in [0.1, 0.15) is 18.9 Å². The maximum atomic E-state index is 12.3. The summed E-state index contributed by atoms with van der Waals surface area (Å²) in [6.45, 7) is 5.70. The molecule has 0 saturated carbocycles. The van der Waals surface area contributed by atoms with Gasteiger partial charge in [-0.05, 0) is 44.4 Å². The Bertz CT molecular complexity index is 455. The Hall–Kier alpha value is -0.710. The van der Waals surface area contributed by atoms with Gasteiger partial charge in [-0.25, -0.2) is 0 Å². The first-order valence-electron chi connectivity index (χ1n) is 6.79. The highest BCUT2D eigenvalue weighted by atomic mass is 35.5. The Morgan fingerprint density at radius 3 is 2.75 bits per heavy atom. The Balaban J connectivity index is 0.00000200. The third-order valence-electron chi connectivity index (χ3n) is 3.76. The zero-order chi connectivity index (χ0) is 13.8. The lowest BCUT2D eigenvalue weighted by atomic mass is 10.1. The number of likely N-dealkylation sites (tertiary alicyclic amines) is 1. The molecule has 0 aliphatic carbocycles. The lowest BCUT2D eigenvalue weighted by Gasteiger charge is -2.21. The number of benzene rings is 1. The summed E-state index contributed by atoms with van der Waals surface area (Å²) in [4.78, 5) is 15.4. The van der Waals surface area contributed by atoms with Gasteiger partial charge in [-0.2, -0.15) is 0 Å². The number of rotatable bonds is 4. The molecule has 1 heterocycles. The van der Waals surface area contributed by atoms with Crippen LogP contribution in [-0.4, -0.2) is 35.7 Å². The highest BCUT2D eigenvalue weighted by molar-refractivity contribution is 8.00. The summed E-state index contributed by atoms with van der Waals surface area (Å²) in [6, 6.07) is 8.52. The van der Waals surface area contributed by atoms with E-state index < -0.39 is 0 Å². The van der Waals surface area contributed by atoms with E-state index in [4.69, 9.17) is 5.73 Å². The Kier molecular flexibility index (Phi) is 6.86. The van der Waals surface area contributed by atoms with E-state index in [2.05, 4.69) is 26.0 Å². The Morgan fingerprint density at radius 2 is 2.15 bits per heavy atom. The van der Waals surface area contributed by atoms with Crippen molar-refractivity contribution in [3.05, 3.63) is 29.8 Å². The van der Waals surface area contributed by atoms with Crippen molar-refractivity contribution in [1.29, 1.82) is 0 Å². The minimum Gasteiger partial charge on any atom is -0.339 e. The van der Waals surface area contributed by atoms with Crippen LogP contribution in [0.25, 0.3) is 0 Å². The molecule has 20 heavy (non-hydrogen) atoms. The first-order chi connectivity index (χ1) is 9.11. The predicted octanol–water partition coefficient (Wildman–Crippen LogP) is 2.70. The normalized spacial score (nSPS) is 21.6. The molecule has 0 radical (unpaired) electrons. The highest BCUT2D eigenvalue weighted by Crippen LogP contribution is 2.26. The minimum absolute atomic E-state index is 0. The molecule has 3 nitrogen and oxygen atoms in total. The van der Waals surface area contributed by atoms with Crippen molar-refractivity contribution in [3.8, 4) is 0 Å². The molecule has 2 unspecified atom stereocenters. The fourth-order valence-electron chi connectivity index (χ4n) is 2.60. The third kappa shape index (κ3) is 4.14. The summed E-state index contributed by atoms with van der Waals surface area (Å²) in [7, 11) is 0. The van der Waals surface area contributed by atoms with Gasteiger partial charge in [0.05, 0.1) is 5.75 Å². The molecule has 1 aromatic rings. The maximum Gasteiger partial charge on any atom is 0.233 e. The molecule has 1 aliphatic heterocycles. The van der Waals surface area contributed by atoms with Gasteiger partial charge in [-0.1, -0.05) is 18.2 Å². The van der Waals surface area contributed by atoms with Crippen molar-refractivity contribution in [2.45, 2.75) is 31.2 Å². The topological polar surface area (TPSA) is 46.3 Å². The summed E-state index contributed by atoms with van der Waals surface area (Å²) < 4.78 is 0. The molecule has 1 aromatic carbocycles. The first-order valence-corrected chi connectivity index (χ1v) is 7.78. The lowest BCUT2D eigenvalue weighted by Crippen LogP contribution is -2.35. The van der Waals surface area contributed by atoms with Crippen molar-refractivity contribution in [2.24, 2.45) is 11.7 Å². The number of amides is 1. The molecule has 112 valence electrons. The fraction of sp³-hybridized carbons (Fsp3) is 0.533. The van der Waals surface area contributed by atoms with E-state index in [1.807, 2.05) is 17.0 Å². The van der Waals surface area contributed by atoms with Crippen molar-refractivity contribution in [2.75, 3.05) is 18.8 Å². The molecule has 2 rings (SSSR count). The molecule has 2 atom stereocenters. The van der Waals surface area contributed by atoms with E-state index in [1.54, 1.807) is 11.8 Å². The van der Waals surface area contributed by atoms with Crippen LogP contribution in [0, 0.1) is 12.8 Å². The van der Waals surface area contributed by atoms with E-state index in [0.717, 1.165) is 13.0 Å². The van der Waals surface area contributed by atoms with E-state index in [1.165, 1.54) is 10.5 Å². The molecule has 1 amide bonds. The van der Waals surface area contributed by atoms with Gasteiger partial charge in [-0.3, -0.25) is 4.79 Å². The molecule has 0 bridgehead atoms. The van der Waals surface area contributed by atoms with Crippen LogP contribution in [0.15, 0.2) is 29.2 Å². The second kappa shape index (κ2) is 7.91. The molecule has 2 N–H and O–H groups in total. The van der Waals surface area contributed by atoms with Crippen LogP contribution < -0.4 is 5.73 Å². The van der Waals surface area contributed by atoms with Crippen LogP contribution in [0.3, 0.4) is 0 Å². The van der Waals surface area contributed by atoms with Gasteiger partial charge in [0.2, 0.25) is 5.91 Å². The lowest BCUT2D eigenvalue weighted by molar-refractivity contribution is -0.128. The number of aryl methyl sites for hydroxylation is 1. The molecule has 5 heteroatoms. The molecule has 0 spiro atoms. The van der Waals surface area contributed by atoms with Gasteiger partial charge in [0.1, 0.15) is 0 Å². The highest BCUT2D eigenvalue weighted by Gasteiger charge is 2.31. The van der Waals surface area contributed by atoms with E-state index in [9.17, 15) is 4.79 Å². The number of nitrogens with two attached hydrogens (primary N) is 1. The Labute approximate surface area is 131 Å². The number of halogens is 1. The van der Waals surface area contributed by atoms with Gasteiger partial charge in [0.15, 0.2) is 0 Å². The van der Waals surface area contributed by atoms with Gasteiger partial charge >= 0.3 is 0 Å². The second-order valence-electron chi connectivity index (χ2n) is 5.29. The molecule has 1 saturated heterocycles. The minimum atomic E-state index is 0. The Morgan fingerprint density at radius 1 is 1.45 bits per heavy atom. The summed E-state index contributed by atoms with van der Waals surface area (Å²) in [5.41, 5.74) is 6.93. The molecular weight excluding hydrogens is 292 g/mol. The summed E-state index contributed by atoms with van der Waals surface area (Å²) >= 11 is 1.63. The van der Waals surface area contributed by atoms with Crippen LogP contribution in [0.2, 0.25) is 0 Å². The van der Waals surface area contributed by atoms with Crippen LogP contribution in [-0.2, 0) is 4.79 Å². The SMILES string of the molecule is Cc1ccccc1SCC(=O)N1CC(CN)CC1C.Cl. The smallest absolute Gasteiger partial charge is 0.233 e. The van der Waals surface area contributed by atoms with E-state index >= 15 is 0 Å². The number of hydrogen-bond donors (Lipinski definition) is 1. The van der Waals surface area contributed by atoms with Gasteiger partial charge < -0.3 is 10.6 Å². The summed E-state index contributed by atoms with van der Waals surface area (Å²) in [5.74, 6) is 1.23. The monoisotopic (exact) mass is 314 g/mol. The van der Waals surface area contributed by atoms with E-state index in [-0.39, 0.29) is 18.3 Å². The quantitative estimate of drug-likeness (QED) is 0.869. The third-order valence-corrected chi connectivity index (χ3v) is 4.92. The fourth-order valence-corrected chi connectivity index (χ4v) is 3.52. The van der Waals surface area contributed by atoms with Crippen molar-refractivity contribution >= 4 is 30.1 Å². The first kappa shape index (κ1) is 17.3. The number of carbonyl (C=O) groups is 1. The molecular formula is C15H23ClN2OS. The molecule has 0 aromatic heterocycles. The molecule has 1 aliphatic rings. The summed E-state index contributed by atoms with van der Waals surface area (Å²) in [5, 5.41) is 0. The molecule has 1 fully saturated rings. The number of nitrogens with zero attached hydrogens (tertiary/aromatic N) is 1. The second-order valence-corrected chi connectivity index (χ2v) is 6.30. The zero-order valence-corrected chi connectivity index (χ0v) is 13.7. The van der Waals surface area contributed by atoms with Crippen molar-refractivity contribution in [1.82, 2.24) is 4.90 Å². The largest absolute Gasteiger partial charge is 0.339 e. The average Bonchev–Trinajstić information content (AvgIpc) is 2.79. The predicted molar refractivity (Wildman–Crippen MR) is 87.5 cm³/mol. The average molecular weight is 315 g/mol. The summed E-state index contributed by atoms with van der Waals surface area (Å²) in [6.07, 6.45) is 1.04. The van der Waals surface area contributed by atoms with Crippen LogP contribution >= 0.6 is 24.2 Å². The van der Waals surface area contributed by atoms with Crippen molar-refractivity contribution < 1.29 is 4.79 Å². The van der Waals surface area contributed by atoms with Crippen LogP contribution in [0.4, 0.5) is 0 Å². The zero-order valence-electron chi connectivity index (χ0n) is 12.0. The number of hydrogen-bond acceptors (Lipinski definition) is 3. The van der Waals surface area contributed by atoms with E-state index in [0.29, 0.717) is 24.3 Å². The van der Waals surface area contributed by atoms with Gasteiger partial charge in [-0.15, -0.1) is 24.2 Å². The maximum absolute atomic E-state index is 12.3. The number of carbonyl (C=O) groups excluding carboxylic acids is 1. The van der Waals surface area contributed by atoms with Gasteiger partial charge in [0.25, 0.3) is 0 Å². The van der Waals surface area contributed by atoms with Crippen molar-refractivity contribution in [3.63, 3.8) is 0 Å². The number of thioether (sulfide) groups is 1. The van der Waals surface area contributed by atoms with Gasteiger partial charge in [0, 0.05) is 17.5 Å². The standard InChI is InChI=1S/C15H22N2OS.ClH/c1-11-5-3-4-6-14(11)19-10-15(18)17-9-13(8-16)7-12(17)2;/h3-6,12-13H,7-10,16H2,1-2H3;1H.